The van der Waals surface area contributed by atoms with Crippen LogP contribution in [0.15, 0.2) is 89.3 Å². The highest BCUT2D eigenvalue weighted by molar-refractivity contribution is 7.89. The molecular weight excluding hydrogens is 589 g/mol. The molecule has 0 radical (unpaired) electrons. The van der Waals surface area contributed by atoms with E-state index in [4.69, 9.17) is 0 Å². The van der Waals surface area contributed by atoms with Crippen molar-refractivity contribution in [2.45, 2.75) is 42.3 Å². The predicted octanol–water partition coefficient (Wildman–Crippen LogP) is 4.88. The zero-order valence-electron chi connectivity index (χ0n) is 22.1. The summed E-state index contributed by atoms with van der Waals surface area (Å²) in [6, 6.07) is 18.4. The lowest BCUT2D eigenvalue weighted by Crippen LogP contribution is -2.65. The molecule has 1 aromatic heterocycles. The van der Waals surface area contributed by atoms with Gasteiger partial charge < -0.3 is 19.6 Å². The van der Waals surface area contributed by atoms with E-state index in [1.165, 1.54) is 11.3 Å². The number of aryl methyl sites for hydroxylation is 2. The minimum atomic E-state index is -4.90. The van der Waals surface area contributed by atoms with Gasteiger partial charge in [-0.1, -0.05) is 36.4 Å². The number of sulfonamides is 1. The van der Waals surface area contributed by atoms with Crippen LogP contribution in [0.1, 0.15) is 11.1 Å². The molecule has 6 rings (SSSR count). The number of hydrogen-bond acceptors (Lipinski definition) is 8. The van der Waals surface area contributed by atoms with Gasteiger partial charge in [0.05, 0.1) is 23.1 Å². The van der Waals surface area contributed by atoms with Crippen molar-refractivity contribution in [3.8, 4) is 5.75 Å². The summed E-state index contributed by atoms with van der Waals surface area (Å²) < 4.78 is 71.1. The number of rotatable bonds is 6. The molecule has 0 spiro atoms. The zero-order valence-corrected chi connectivity index (χ0v) is 23.7. The first-order valence-corrected chi connectivity index (χ1v) is 15.6. The smallest absolute Gasteiger partial charge is 0.406 e. The van der Waals surface area contributed by atoms with Gasteiger partial charge >= 0.3 is 6.36 Å². The van der Waals surface area contributed by atoms with Gasteiger partial charge in [-0.15, -0.1) is 24.5 Å². The molecule has 0 amide bonds. The minimum absolute atomic E-state index is 0.136. The van der Waals surface area contributed by atoms with E-state index in [-0.39, 0.29) is 11.4 Å². The third-order valence-electron chi connectivity index (χ3n) is 7.49. The largest absolute Gasteiger partial charge is 0.573 e. The summed E-state index contributed by atoms with van der Waals surface area (Å²) in [5.74, 6) is -0.535. The number of halogens is 3. The van der Waals surface area contributed by atoms with Gasteiger partial charge in [0.1, 0.15) is 5.75 Å². The number of fused-ring (bicyclic) bond motifs is 2. The Morgan fingerprint density at radius 2 is 1.55 bits per heavy atom. The number of aliphatic hydroxyl groups is 1. The molecule has 2 N–H and O–H groups in total. The van der Waals surface area contributed by atoms with E-state index in [1.807, 2.05) is 46.7 Å². The summed E-state index contributed by atoms with van der Waals surface area (Å²) in [5.41, 5.74) is 4.11. The fraction of sp³-hybridized carbons (Fsp3) is 0.276. The van der Waals surface area contributed by atoms with Gasteiger partial charge in [0.2, 0.25) is 10.0 Å². The van der Waals surface area contributed by atoms with Gasteiger partial charge in [-0.2, -0.15) is 0 Å². The van der Waals surface area contributed by atoms with E-state index < -0.39 is 40.3 Å². The van der Waals surface area contributed by atoms with Crippen LogP contribution in [0.4, 0.5) is 29.7 Å². The highest BCUT2D eigenvalue weighted by atomic mass is 32.2. The van der Waals surface area contributed by atoms with Crippen molar-refractivity contribution in [3.05, 3.63) is 95.5 Å². The Morgan fingerprint density at radius 1 is 0.929 bits per heavy atom. The molecule has 4 aromatic rings. The molecule has 8 nitrogen and oxygen atoms in total. The molecule has 2 aliphatic heterocycles. The van der Waals surface area contributed by atoms with Crippen LogP contribution < -0.4 is 19.3 Å². The molecule has 3 aromatic carbocycles. The van der Waals surface area contributed by atoms with Crippen LogP contribution in [0.3, 0.4) is 0 Å². The Kier molecular flexibility index (Phi) is 7.60. The molecule has 3 heterocycles. The Morgan fingerprint density at radius 3 is 2.12 bits per heavy atom. The van der Waals surface area contributed by atoms with E-state index in [0.29, 0.717) is 11.7 Å². The number of benzene rings is 3. The Labute approximate surface area is 245 Å². The molecule has 1 saturated heterocycles. The van der Waals surface area contributed by atoms with Gasteiger partial charge in [-0.05, 0) is 60.4 Å². The molecule has 42 heavy (non-hydrogen) atoms. The number of aromatic nitrogens is 1. The minimum Gasteiger partial charge on any atom is -0.406 e. The van der Waals surface area contributed by atoms with Crippen LogP contribution >= 0.6 is 11.3 Å². The van der Waals surface area contributed by atoms with Crippen molar-refractivity contribution in [3.63, 3.8) is 0 Å². The predicted molar refractivity (Wildman–Crippen MR) is 154 cm³/mol. The van der Waals surface area contributed by atoms with E-state index >= 15 is 0 Å². The lowest BCUT2D eigenvalue weighted by Gasteiger charge is -2.47. The van der Waals surface area contributed by atoms with Crippen molar-refractivity contribution in [1.29, 1.82) is 0 Å². The number of para-hydroxylation sites is 2. The number of ether oxygens (including phenoxy) is 1. The van der Waals surface area contributed by atoms with Gasteiger partial charge in [0, 0.05) is 36.0 Å². The zero-order chi connectivity index (χ0) is 29.5. The van der Waals surface area contributed by atoms with Crippen molar-refractivity contribution in [2.75, 3.05) is 22.9 Å². The molecule has 3 atom stereocenters. The maximum atomic E-state index is 13.4. The number of anilines is 3. The maximum Gasteiger partial charge on any atom is 0.573 e. The topological polar surface area (TPSA) is 95.0 Å². The maximum absolute atomic E-state index is 13.4. The van der Waals surface area contributed by atoms with Crippen molar-refractivity contribution in [2.24, 2.45) is 0 Å². The second-order valence-corrected chi connectivity index (χ2v) is 12.7. The van der Waals surface area contributed by atoms with Gasteiger partial charge in [0.15, 0.2) is 5.13 Å². The third kappa shape index (κ3) is 5.82. The highest BCUT2D eigenvalue weighted by Crippen LogP contribution is 2.40. The lowest BCUT2D eigenvalue weighted by atomic mass is 9.94. The Balaban J connectivity index is 1.36. The SMILES string of the molecule is O=S(=O)(NC1CN(c2nccs2)CC(N2c3ccccc3CCc3ccccc32)[C@H]1O)c1ccc(OC(F)(F)F)cc1. The molecule has 2 unspecified atom stereocenters. The van der Waals surface area contributed by atoms with Gasteiger partial charge in [-0.25, -0.2) is 18.1 Å². The first-order valence-electron chi connectivity index (χ1n) is 13.2. The molecule has 0 aliphatic carbocycles. The highest BCUT2D eigenvalue weighted by Gasteiger charge is 2.43. The molecule has 0 bridgehead atoms. The van der Waals surface area contributed by atoms with Gasteiger partial charge in [-0.3, -0.25) is 0 Å². The number of nitrogens with one attached hydrogen (secondary N) is 1. The number of thiazole rings is 1. The normalized spacial score (nSPS) is 20.9. The Hall–Kier alpha value is -3.65. The summed E-state index contributed by atoms with van der Waals surface area (Å²) in [5, 5.41) is 14.4. The van der Waals surface area contributed by atoms with E-state index in [0.717, 1.165) is 59.6 Å². The van der Waals surface area contributed by atoms with Crippen molar-refractivity contribution < 1.29 is 31.4 Å². The molecule has 13 heteroatoms. The lowest BCUT2D eigenvalue weighted by molar-refractivity contribution is -0.274. The van der Waals surface area contributed by atoms with Gasteiger partial charge in [0.25, 0.3) is 0 Å². The fourth-order valence-electron chi connectivity index (χ4n) is 5.65. The number of piperidine rings is 1. The third-order valence-corrected chi connectivity index (χ3v) is 9.83. The number of aliphatic hydroxyl groups excluding tert-OH is 1. The second-order valence-electron chi connectivity index (χ2n) is 10.2. The molecule has 220 valence electrons. The quantitative estimate of drug-likeness (QED) is 0.319. The van der Waals surface area contributed by atoms with E-state index in [2.05, 4.69) is 31.5 Å². The molecular formula is C29H27F3N4O4S2. The van der Waals surface area contributed by atoms with Crippen LogP contribution in [-0.2, 0) is 22.9 Å². The number of alkyl halides is 3. The van der Waals surface area contributed by atoms with Crippen LogP contribution in [-0.4, -0.2) is 56.1 Å². The molecule has 1 fully saturated rings. The van der Waals surface area contributed by atoms with Crippen LogP contribution in [0.25, 0.3) is 0 Å². The Bertz CT molecular complexity index is 1600. The summed E-state index contributed by atoms with van der Waals surface area (Å²) >= 11 is 1.41. The fourth-order valence-corrected chi connectivity index (χ4v) is 7.56. The number of nitrogens with zero attached hydrogens (tertiary/aromatic N) is 3. The van der Waals surface area contributed by atoms with Crippen molar-refractivity contribution >= 4 is 37.9 Å². The molecule has 0 saturated carbocycles. The summed E-state index contributed by atoms with van der Waals surface area (Å²) in [4.78, 5) is 8.24. The second kappa shape index (κ2) is 11.2. The first-order chi connectivity index (χ1) is 20.1. The van der Waals surface area contributed by atoms with E-state index in [9.17, 15) is 26.7 Å². The summed E-state index contributed by atoms with van der Waals surface area (Å²) in [7, 11) is -4.24. The standard InChI is InChI=1S/C29H27F3N4O4S2/c30-29(31,32)40-21-11-13-22(14-12-21)42(38,39)34-23-17-35(28-33-15-16-41-28)18-26(27(23)37)36-24-7-3-1-5-19(24)9-10-20-6-2-4-8-25(20)36/h1-8,11-16,23,26-27,34,37H,9-10,17-18H2/t23?,26?,27-/m0/s1. The number of hydrogen-bond donors (Lipinski definition) is 2. The summed E-state index contributed by atoms with van der Waals surface area (Å²) in [6.07, 6.45) is -2.76. The average molecular weight is 617 g/mol. The van der Waals surface area contributed by atoms with Crippen LogP contribution in [0.5, 0.6) is 5.75 Å². The van der Waals surface area contributed by atoms with Crippen molar-refractivity contribution in [1.82, 2.24) is 9.71 Å². The average Bonchev–Trinajstić information content (AvgIpc) is 3.44. The summed E-state index contributed by atoms with van der Waals surface area (Å²) in [6.45, 7) is 0.510. The van der Waals surface area contributed by atoms with Crippen LogP contribution in [0.2, 0.25) is 0 Å². The monoisotopic (exact) mass is 616 g/mol. The van der Waals surface area contributed by atoms with Crippen LogP contribution in [0, 0.1) is 0 Å². The van der Waals surface area contributed by atoms with E-state index in [1.54, 1.807) is 6.20 Å². The first kappa shape index (κ1) is 28.5. The molecule has 2 aliphatic rings.